The molecule has 2 aliphatic rings. The summed E-state index contributed by atoms with van der Waals surface area (Å²) in [5.41, 5.74) is 1.01. The number of nitrogens with zero attached hydrogens (tertiary/aromatic N) is 1. The van der Waals surface area contributed by atoms with Gasteiger partial charge < -0.3 is 19.7 Å². The number of benzene rings is 1. The van der Waals surface area contributed by atoms with Crippen molar-refractivity contribution in [2.24, 2.45) is 11.8 Å². The van der Waals surface area contributed by atoms with E-state index in [1.807, 2.05) is 23.1 Å². The van der Waals surface area contributed by atoms with Gasteiger partial charge in [0.15, 0.2) is 0 Å². The zero-order valence-corrected chi connectivity index (χ0v) is 15.6. The lowest BCUT2D eigenvalue weighted by molar-refractivity contribution is -0.136. The van der Waals surface area contributed by atoms with Crippen LogP contribution in [0.3, 0.4) is 0 Å². The number of nitrogens with one attached hydrogen (secondary N) is 1. The fourth-order valence-electron chi connectivity index (χ4n) is 3.49. The van der Waals surface area contributed by atoms with Gasteiger partial charge in [-0.2, -0.15) is 0 Å². The summed E-state index contributed by atoms with van der Waals surface area (Å²) in [6.45, 7) is 1.97. The molecule has 3 rings (SSSR count). The van der Waals surface area contributed by atoms with Crippen LogP contribution in [-0.4, -0.2) is 50.6 Å². The number of amides is 2. The largest absolute Gasteiger partial charge is 0.497 e. The quantitative estimate of drug-likeness (QED) is 0.808. The molecule has 1 heterocycles. The van der Waals surface area contributed by atoms with Gasteiger partial charge in [0, 0.05) is 31.5 Å². The Morgan fingerprint density at radius 2 is 1.81 bits per heavy atom. The fraction of sp³-hybridized carbons (Fsp3) is 0.600. The van der Waals surface area contributed by atoms with Gasteiger partial charge in [0.1, 0.15) is 11.5 Å². The Labute approximate surface area is 154 Å². The second-order valence-electron chi connectivity index (χ2n) is 7.09. The molecule has 0 spiro atoms. The Morgan fingerprint density at radius 3 is 2.42 bits per heavy atom. The van der Waals surface area contributed by atoms with Crippen molar-refractivity contribution in [3.05, 3.63) is 23.8 Å². The number of methoxy groups -OCH3 is 2. The molecule has 1 saturated heterocycles. The van der Waals surface area contributed by atoms with Gasteiger partial charge in [-0.05, 0) is 55.9 Å². The smallest absolute Gasteiger partial charge is 0.225 e. The standard InChI is InChI=1S/C20H28N2O4/c1-25-17-5-6-18(26-2)16(13-17)7-10-21-19(23)14-8-11-22(12-9-14)20(24)15-3-4-15/h5-6,13-15H,3-4,7-12H2,1-2H3,(H,21,23). The van der Waals surface area contributed by atoms with Gasteiger partial charge in [0.05, 0.1) is 14.2 Å². The zero-order valence-electron chi connectivity index (χ0n) is 15.6. The molecular weight excluding hydrogens is 332 g/mol. The second kappa shape index (κ2) is 8.43. The van der Waals surface area contributed by atoms with Crippen LogP contribution in [0, 0.1) is 11.8 Å². The zero-order chi connectivity index (χ0) is 18.5. The molecule has 1 aromatic rings. The Morgan fingerprint density at radius 1 is 1.08 bits per heavy atom. The fourth-order valence-corrected chi connectivity index (χ4v) is 3.49. The van der Waals surface area contributed by atoms with Crippen molar-refractivity contribution in [3.63, 3.8) is 0 Å². The van der Waals surface area contributed by atoms with Crippen molar-refractivity contribution < 1.29 is 19.1 Å². The highest BCUT2D eigenvalue weighted by molar-refractivity contribution is 5.82. The maximum absolute atomic E-state index is 12.4. The van der Waals surface area contributed by atoms with Crippen LogP contribution in [-0.2, 0) is 16.0 Å². The summed E-state index contributed by atoms with van der Waals surface area (Å²) >= 11 is 0. The molecule has 6 nitrogen and oxygen atoms in total. The van der Waals surface area contributed by atoms with Crippen molar-refractivity contribution in [1.82, 2.24) is 10.2 Å². The number of likely N-dealkylation sites (tertiary alicyclic amines) is 1. The van der Waals surface area contributed by atoms with E-state index in [0.717, 1.165) is 42.7 Å². The van der Waals surface area contributed by atoms with E-state index in [1.165, 1.54) is 0 Å². The molecule has 26 heavy (non-hydrogen) atoms. The Balaban J connectivity index is 1.44. The molecule has 2 fully saturated rings. The minimum absolute atomic E-state index is 0.00505. The first-order chi connectivity index (χ1) is 12.6. The minimum atomic E-state index is 0.00505. The first kappa shape index (κ1) is 18.5. The SMILES string of the molecule is COc1ccc(OC)c(CCNC(=O)C2CCN(C(=O)C3CC3)CC2)c1. The average Bonchev–Trinajstić information content (AvgIpc) is 3.52. The number of rotatable bonds is 7. The molecule has 6 heteroatoms. The van der Waals surface area contributed by atoms with E-state index in [0.29, 0.717) is 26.1 Å². The number of hydrogen-bond acceptors (Lipinski definition) is 4. The molecule has 2 amide bonds. The summed E-state index contributed by atoms with van der Waals surface area (Å²) in [7, 11) is 3.27. The van der Waals surface area contributed by atoms with Gasteiger partial charge >= 0.3 is 0 Å². The van der Waals surface area contributed by atoms with E-state index < -0.39 is 0 Å². The molecule has 0 radical (unpaired) electrons. The van der Waals surface area contributed by atoms with Crippen molar-refractivity contribution in [2.45, 2.75) is 32.1 Å². The second-order valence-corrected chi connectivity index (χ2v) is 7.09. The van der Waals surface area contributed by atoms with Gasteiger partial charge in [0.25, 0.3) is 0 Å². The van der Waals surface area contributed by atoms with Crippen LogP contribution in [0.25, 0.3) is 0 Å². The lowest BCUT2D eigenvalue weighted by Crippen LogP contribution is -2.43. The number of carbonyl (C=O) groups excluding carboxylic acids is 2. The number of hydrogen-bond donors (Lipinski definition) is 1. The van der Waals surface area contributed by atoms with Crippen LogP contribution in [0.4, 0.5) is 0 Å². The van der Waals surface area contributed by atoms with Crippen molar-refractivity contribution in [2.75, 3.05) is 33.9 Å². The monoisotopic (exact) mass is 360 g/mol. The maximum atomic E-state index is 12.4. The Hall–Kier alpha value is -2.24. The summed E-state index contributed by atoms with van der Waals surface area (Å²) in [5.74, 6) is 2.22. The van der Waals surface area contributed by atoms with Gasteiger partial charge in [-0.3, -0.25) is 9.59 Å². The van der Waals surface area contributed by atoms with E-state index >= 15 is 0 Å². The first-order valence-electron chi connectivity index (χ1n) is 9.39. The van der Waals surface area contributed by atoms with Crippen molar-refractivity contribution in [3.8, 4) is 11.5 Å². The predicted molar refractivity (Wildman–Crippen MR) is 98.3 cm³/mol. The molecule has 0 unspecified atom stereocenters. The highest BCUT2D eigenvalue weighted by Gasteiger charge is 2.35. The van der Waals surface area contributed by atoms with Crippen molar-refractivity contribution >= 4 is 11.8 Å². The van der Waals surface area contributed by atoms with E-state index in [2.05, 4.69) is 5.32 Å². The number of carbonyl (C=O) groups is 2. The molecule has 0 bridgehead atoms. The van der Waals surface area contributed by atoms with E-state index in [9.17, 15) is 9.59 Å². The summed E-state index contributed by atoms with van der Waals surface area (Å²) in [5, 5.41) is 3.03. The third-order valence-corrected chi connectivity index (χ3v) is 5.29. The number of ether oxygens (including phenoxy) is 2. The normalized spacial score (nSPS) is 17.7. The Kier molecular flexibility index (Phi) is 6.01. The molecule has 0 atom stereocenters. The summed E-state index contributed by atoms with van der Waals surface area (Å²) in [6, 6.07) is 5.67. The van der Waals surface area contributed by atoms with Gasteiger partial charge in [-0.1, -0.05) is 0 Å². The summed E-state index contributed by atoms with van der Waals surface area (Å²) in [6.07, 6.45) is 4.27. The van der Waals surface area contributed by atoms with Crippen LogP contribution < -0.4 is 14.8 Å². The third kappa shape index (κ3) is 4.48. The molecule has 142 valence electrons. The molecule has 1 aromatic carbocycles. The van der Waals surface area contributed by atoms with E-state index in [-0.39, 0.29) is 23.7 Å². The first-order valence-corrected chi connectivity index (χ1v) is 9.39. The van der Waals surface area contributed by atoms with Gasteiger partial charge in [-0.25, -0.2) is 0 Å². The topological polar surface area (TPSA) is 67.9 Å². The minimum Gasteiger partial charge on any atom is -0.497 e. The van der Waals surface area contributed by atoms with Crippen LogP contribution in [0.15, 0.2) is 18.2 Å². The Bertz CT molecular complexity index is 649. The average molecular weight is 360 g/mol. The van der Waals surface area contributed by atoms with Crippen LogP contribution in [0.2, 0.25) is 0 Å². The molecule has 1 N–H and O–H groups in total. The summed E-state index contributed by atoms with van der Waals surface area (Å²) < 4.78 is 10.6. The van der Waals surface area contributed by atoms with Crippen LogP contribution in [0.1, 0.15) is 31.2 Å². The predicted octanol–water partition coefficient (Wildman–Crippen LogP) is 2.01. The maximum Gasteiger partial charge on any atom is 0.225 e. The molecule has 1 saturated carbocycles. The molecule has 1 aliphatic carbocycles. The van der Waals surface area contributed by atoms with Crippen LogP contribution >= 0.6 is 0 Å². The van der Waals surface area contributed by atoms with E-state index in [4.69, 9.17) is 9.47 Å². The number of piperidine rings is 1. The summed E-state index contributed by atoms with van der Waals surface area (Å²) in [4.78, 5) is 26.4. The lowest BCUT2D eigenvalue weighted by atomic mass is 9.95. The van der Waals surface area contributed by atoms with Gasteiger partial charge in [0.2, 0.25) is 11.8 Å². The van der Waals surface area contributed by atoms with E-state index in [1.54, 1.807) is 14.2 Å². The van der Waals surface area contributed by atoms with Gasteiger partial charge in [-0.15, -0.1) is 0 Å². The molecular formula is C20H28N2O4. The van der Waals surface area contributed by atoms with Crippen LogP contribution in [0.5, 0.6) is 11.5 Å². The molecule has 0 aromatic heterocycles. The highest BCUT2D eigenvalue weighted by atomic mass is 16.5. The molecule has 1 aliphatic heterocycles. The lowest BCUT2D eigenvalue weighted by Gasteiger charge is -2.31. The third-order valence-electron chi connectivity index (χ3n) is 5.29. The highest BCUT2D eigenvalue weighted by Crippen LogP contribution is 2.32. The van der Waals surface area contributed by atoms with Crippen molar-refractivity contribution in [1.29, 1.82) is 0 Å².